The molecule has 3 N–H and O–H groups in total. The number of nitrogens with one attached hydrogen (secondary N) is 1. The number of ether oxygens (including phenoxy) is 3. The fraction of sp³-hybridized carbons (Fsp3) is 0.400. The van der Waals surface area contributed by atoms with Crippen LogP contribution in [0.1, 0.15) is 24.2 Å². The summed E-state index contributed by atoms with van der Waals surface area (Å²) < 4.78 is 16.2. The van der Waals surface area contributed by atoms with Gasteiger partial charge >= 0.3 is 0 Å². The summed E-state index contributed by atoms with van der Waals surface area (Å²) in [6.45, 7) is 2.35. The Bertz CT molecular complexity index is 726. The van der Waals surface area contributed by atoms with Gasteiger partial charge in [-0.3, -0.25) is 0 Å². The van der Waals surface area contributed by atoms with E-state index in [4.69, 9.17) is 14.2 Å². The van der Waals surface area contributed by atoms with E-state index < -0.39 is 6.10 Å². The van der Waals surface area contributed by atoms with Crippen molar-refractivity contribution in [1.29, 1.82) is 0 Å². The van der Waals surface area contributed by atoms with Gasteiger partial charge in [0.2, 0.25) is 5.75 Å². The average molecular weight is 398 g/mol. The van der Waals surface area contributed by atoms with E-state index in [1.54, 1.807) is 45.6 Å². The Balaban J connectivity index is 0.00000364. The van der Waals surface area contributed by atoms with E-state index >= 15 is 0 Å². The Morgan fingerprint density at radius 3 is 2.22 bits per heavy atom. The molecule has 0 saturated heterocycles. The highest BCUT2D eigenvalue weighted by Crippen LogP contribution is 2.40. The van der Waals surface area contributed by atoms with Crippen LogP contribution in [0.5, 0.6) is 23.0 Å². The molecule has 27 heavy (non-hydrogen) atoms. The Hall–Kier alpha value is -2.15. The van der Waals surface area contributed by atoms with Crippen molar-refractivity contribution in [2.75, 3.05) is 27.9 Å². The lowest BCUT2D eigenvalue weighted by Crippen LogP contribution is -2.32. The lowest BCUT2D eigenvalue weighted by atomic mass is 10.0. The predicted molar refractivity (Wildman–Crippen MR) is 108 cm³/mol. The second-order valence-corrected chi connectivity index (χ2v) is 6.08. The number of hydrogen-bond acceptors (Lipinski definition) is 6. The molecule has 2 rings (SSSR count). The number of benzene rings is 2. The zero-order valence-electron chi connectivity index (χ0n) is 16.1. The minimum atomic E-state index is -0.786. The van der Waals surface area contributed by atoms with Crippen molar-refractivity contribution in [2.45, 2.75) is 25.5 Å². The molecular weight excluding hydrogens is 370 g/mol. The average Bonchev–Trinajstić information content (AvgIpc) is 2.65. The molecule has 2 aromatic carbocycles. The van der Waals surface area contributed by atoms with Gasteiger partial charge in [0.25, 0.3) is 0 Å². The Kier molecular flexibility index (Phi) is 9.21. The van der Waals surface area contributed by atoms with Gasteiger partial charge in [0.1, 0.15) is 5.75 Å². The van der Waals surface area contributed by atoms with Gasteiger partial charge in [-0.15, -0.1) is 12.4 Å². The largest absolute Gasteiger partial charge is 0.508 e. The number of methoxy groups -OCH3 is 3. The second-order valence-electron chi connectivity index (χ2n) is 6.08. The highest BCUT2D eigenvalue weighted by atomic mass is 35.5. The van der Waals surface area contributed by atoms with Crippen molar-refractivity contribution in [3.05, 3.63) is 47.5 Å². The molecule has 0 aliphatic rings. The number of aliphatic hydroxyl groups excluding tert-OH is 1. The summed E-state index contributed by atoms with van der Waals surface area (Å²) in [7, 11) is 4.76. The molecule has 0 fully saturated rings. The van der Waals surface area contributed by atoms with Gasteiger partial charge in [0.15, 0.2) is 11.5 Å². The third kappa shape index (κ3) is 5.66. The number of halogens is 1. The zero-order valence-corrected chi connectivity index (χ0v) is 16.9. The minimum absolute atomic E-state index is 0. The lowest BCUT2D eigenvalue weighted by molar-refractivity contribution is 0.167. The van der Waals surface area contributed by atoms with Crippen molar-refractivity contribution in [3.8, 4) is 23.0 Å². The normalized spacial score (nSPS) is 12.6. The van der Waals surface area contributed by atoms with Gasteiger partial charge in [0, 0.05) is 18.2 Å². The van der Waals surface area contributed by atoms with Gasteiger partial charge in [-0.25, -0.2) is 0 Å². The van der Waals surface area contributed by atoms with Crippen LogP contribution in [-0.2, 0) is 6.42 Å². The van der Waals surface area contributed by atoms with Gasteiger partial charge < -0.3 is 29.7 Å². The quantitative estimate of drug-likeness (QED) is 0.603. The minimum Gasteiger partial charge on any atom is -0.508 e. The molecule has 150 valence electrons. The number of hydrogen-bond donors (Lipinski definition) is 3. The van der Waals surface area contributed by atoms with Crippen molar-refractivity contribution in [3.63, 3.8) is 0 Å². The molecule has 0 heterocycles. The number of para-hydroxylation sites is 1. The number of phenols is 1. The Labute approximate surface area is 166 Å². The van der Waals surface area contributed by atoms with Crippen LogP contribution in [0, 0.1) is 0 Å². The molecular formula is C20H28ClNO5. The molecule has 0 radical (unpaired) electrons. The molecule has 0 bridgehead atoms. The standard InChI is InChI=1S/C20H27NO5.ClH/c1-13(21-12-17(23)15-7-5-6-8-16(15)22)11-14-9-10-18(24-2)20(26-4)19(14)25-3;/h5-10,13,17,21-23H,11-12H2,1-4H3;1H. The summed E-state index contributed by atoms with van der Waals surface area (Å²) in [5.41, 5.74) is 1.48. The van der Waals surface area contributed by atoms with Crippen LogP contribution >= 0.6 is 12.4 Å². The van der Waals surface area contributed by atoms with Gasteiger partial charge in [-0.1, -0.05) is 24.3 Å². The van der Waals surface area contributed by atoms with Crippen LogP contribution in [-0.4, -0.2) is 44.1 Å². The SMILES string of the molecule is COc1ccc(CC(C)NCC(O)c2ccccc2O)c(OC)c1OC.Cl. The molecule has 2 atom stereocenters. The van der Waals surface area contributed by atoms with Crippen LogP contribution in [0.3, 0.4) is 0 Å². The molecule has 0 aliphatic heterocycles. The van der Waals surface area contributed by atoms with E-state index in [1.807, 2.05) is 19.1 Å². The summed E-state index contributed by atoms with van der Waals surface area (Å²) in [5.74, 6) is 1.91. The van der Waals surface area contributed by atoms with Crippen molar-refractivity contribution >= 4 is 12.4 Å². The molecule has 2 aromatic rings. The summed E-state index contributed by atoms with van der Waals surface area (Å²) in [4.78, 5) is 0. The topological polar surface area (TPSA) is 80.2 Å². The first-order valence-electron chi connectivity index (χ1n) is 8.49. The summed E-state index contributed by atoms with van der Waals surface area (Å²) in [6, 6.07) is 10.7. The zero-order chi connectivity index (χ0) is 19.1. The van der Waals surface area contributed by atoms with E-state index in [-0.39, 0.29) is 24.2 Å². The van der Waals surface area contributed by atoms with Gasteiger partial charge in [-0.05, 0) is 31.0 Å². The fourth-order valence-corrected chi connectivity index (χ4v) is 2.92. The Morgan fingerprint density at radius 1 is 0.963 bits per heavy atom. The van der Waals surface area contributed by atoms with E-state index in [9.17, 15) is 10.2 Å². The van der Waals surface area contributed by atoms with E-state index in [2.05, 4.69) is 5.32 Å². The maximum Gasteiger partial charge on any atom is 0.203 e. The highest BCUT2D eigenvalue weighted by Gasteiger charge is 2.18. The first kappa shape index (κ1) is 22.9. The van der Waals surface area contributed by atoms with E-state index in [0.717, 1.165) is 5.56 Å². The number of rotatable bonds is 9. The molecule has 0 aliphatic carbocycles. The summed E-state index contributed by atoms with van der Waals surface area (Å²) >= 11 is 0. The molecule has 0 aromatic heterocycles. The number of aromatic hydroxyl groups is 1. The van der Waals surface area contributed by atoms with Crippen LogP contribution in [0.25, 0.3) is 0 Å². The maximum absolute atomic E-state index is 10.3. The van der Waals surface area contributed by atoms with Gasteiger partial charge in [0.05, 0.1) is 27.4 Å². The Morgan fingerprint density at radius 2 is 1.63 bits per heavy atom. The smallest absolute Gasteiger partial charge is 0.203 e. The first-order valence-corrected chi connectivity index (χ1v) is 8.49. The lowest BCUT2D eigenvalue weighted by Gasteiger charge is -2.20. The van der Waals surface area contributed by atoms with Crippen molar-refractivity contribution in [1.82, 2.24) is 5.32 Å². The van der Waals surface area contributed by atoms with E-state index in [1.165, 1.54) is 0 Å². The first-order chi connectivity index (χ1) is 12.5. The fourth-order valence-electron chi connectivity index (χ4n) is 2.92. The molecule has 6 nitrogen and oxygen atoms in total. The van der Waals surface area contributed by atoms with Crippen LogP contribution in [0.2, 0.25) is 0 Å². The number of phenolic OH excluding ortho intramolecular Hbond substituents is 1. The second kappa shape index (κ2) is 10.9. The maximum atomic E-state index is 10.3. The molecule has 0 amide bonds. The van der Waals surface area contributed by atoms with Crippen LogP contribution in [0.4, 0.5) is 0 Å². The third-order valence-corrected chi connectivity index (χ3v) is 4.27. The van der Waals surface area contributed by atoms with Gasteiger partial charge in [-0.2, -0.15) is 0 Å². The monoisotopic (exact) mass is 397 g/mol. The summed E-state index contributed by atoms with van der Waals surface area (Å²) in [6.07, 6.45) is -0.109. The molecule has 7 heteroatoms. The third-order valence-electron chi connectivity index (χ3n) is 4.27. The van der Waals surface area contributed by atoms with E-state index in [0.29, 0.717) is 35.8 Å². The van der Waals surface area contributed by atoms with Crippen molar-refractivity contribution < 1.29 is 24.4 Å². The molecule has 2 unspecified atom stereocenters. The predicted octanol–water partition coefficient (Wildman–Crippen LogP) is 3.09. The summed E-state index contributed by atoms with van der Waals surface area (Å²) in [5, 5.41) is 23.4. The van der Waals surface area contributed by atoms with Crippen LogP contribution in [0.15, 0.2) is 36.4 Å². The number of aliphatic hydroxyl groups is 1. The van der Waals surface area contributed by atoms with Crippen LogP contribution < -0.4 is 19.5 Å². The van der Waals surface area contributed by atoms with Crippen molar-refractivity contribution in [2.24, 2.45) is 0 Å². The molecule has 0 saturated carbocycles. The molecule has 0 spiro atoms. The highest BCUT2D eigenvalue weighted by molar-refractivity contribution is 5.85.